The van der Waals surface area contributed by atoms with Crippen molar-refractivity contribution in [1.82, 2.24) is 0 Å². The zero-order valence-corrected chi connectivity index (χ0v) is 9.98. The first kappa shape index (κ1) is 13.2. The van der Waals surface area contributed by atoms with Crippen LogP contribution in [0, 0.1) is 0 Å². The lowest BCUT2D eigenvalue weighted by Gasteiger charge is -1.99. The fourth-order valence-electron chi connectivity index (χ4n) is 1.03. The number of sulfonamides is 1. The third-order valence-corrected chi connectivity index (χ3v) is 2.97. The van der Waals surface area contributed by atoms with Crippen LogP contribution >= 0.6 is 0 Å². The highest BCUT2D eigenvalue weighted by molar-refractivity contribution is 7.90. The van der Waals surface area contributed by atoms with Crippen LogP contribution in [0.5, 0.6) is 0 Å². The molecule has 92 valence electrons. The highest BCUT2D eigenvalue weighted by Gasteiger charge is 2.12. The van der Waals surface area contributed by atoms with Crippen LogP contribution < -0.4 is 5.73 Å². The molecule has 17 heavy (non-hydrogen) atoms. The Morgan fingerprint density at radius 1 is 1.53 bits per heavy atom. The lowest BCUT2D eigenvalue weighted by Crippen LogP contribution is -2.07. The molecule has 0 saturated heterocycles. The summed E-state index contributed by atoms with van der Waals surface area (Å²) in [6, 6.07) is 5.64. The molecule has 0 radical (unpaired) electrons. The van der Waals surface area contributed by atoms with E-state index in [-0.39, 0.29) is 11.5 Å². The van der Waals surface area contributed by atoms with Gasteiger partial charge in [0.25, 0.3) is 10.0 Å². The number of ether oxygens (including phenoxy) is 1. The molecule has 0 spiro atoms. The molecule has 0 fully saturated rings. The predicted molar refractivity (Wildman–Crippen MR) is 63.2 cm³/mol. The Bertz CT molecular complexity index is 537. The molecule has 0 aliphatic rings. The molecule has 0 unspecified atom stereocenters. The van der Waals surface area contributed by atoms with Crippen molar-refractivity contribution in [2.75, 3.05) is 12.3 Å². The molecule has 6 nitrogen and oxygen atoms in total. The Kier molecular flexibility index (Phi) is 4.22. The van der Waals surface area contributed by atoms with Crippen LogP contribution in [0.15, 0.2) is 33.6 Å². The molecule has 0 bridgehead atoms. The monoisotopic (exact) mass is 256 g/mol. The molecule has 1 aromatic carbocycles. The van der Waals surface area contributed by atoms with Gasteiger partial charge in [-0.1, -0.05) is 6.07 Å². The normalized spacial score (nSPS) is 11.6. The molecule has 0 heterocycles. The van der Waals surface area contributed by atoms with Gasteiger partial charge in [0, 0.05) is 5.69 Å². The Morgan fingerprint density at radius 2 is 2.24 bits per heavy atom. The van der Waals surface area contributed by atoms with Gasteiger partial charge in [0.15, 0.2) is 0 Å². The second-order valence-electron chi connectivity index (χ2n) is 3.03. The van der Waals surface area contributed by atoms with Crippen LogP contribution in [0.3, 0.4) is 0 Å². The number of hydrogen-bond donors (Lipinski definition) is 1. The molecule has 0 amide bonds. The Morgan fingerprint density at radius 3 is 2.82 bits per heavy atom. The molecule has 7 heteroatoms. The van der Waals surface area contributed by atoms with Gasteiger partial charge in [-0.15, -0.1) is 0 Å². The summed E-state index contributed by atoms with van der Waals surface area (Å²) in [5, 5.41) is 0. The number of rotatable bonds is 4. The Labute approximate surface area is 99.2 Å². The van der Waals surface area contributed by atoms with Gasteiger partial charge in [-0.25, -0.2) is 4.79 Å². The van der Waals surface area contributed by atoms with Crippen molar-refractivity contribution in [2.24, 2.45) is 4.40 Å². The minimum Gasteiger partial charge on any atom is -0.462 e. The van der Waals surface area contributed by atoms with Gasteiger partial charge in [0.2, 0.25) is 0 Å². The molecular weight excluding hydrogens is 244 g/mol. The molecule has 2 N–H and O–H groups in total. The van der Waals surface area contributed by atoms with Crippen molar-refractivity contribution in [3.63, 3.8) is 0 Å². The van der Waals surface area contributed by atoms with Crippen molar-refractivity contribution in [3.8, 4) is 0 Å². The van der Waals surface area contributed by atoms with E-state index in [9.17, 15) is 13.2 Å². The standard InChI is InChI=1S/C10H12N2O4S/c1-2-16-10(13)7-12-17(14,15)9-5-3-4-8(11)6-9/h3-7H,2,11H2,1H3. The summed E-state index contributed by atoms with van der Waals surface area (Å²) in [5.74, 6) is -0.806. The Hall–Kier alpha value is -1.89. The van der Waals surface area contributed by atoms with Crippen molar-refractivity contribution in [1.29, 1.82) is 0 Å². The zero-order chi connectivity index (χ0) is 12.9. The van der Waals surface area contributed by atoms with E-state index in [1.807, 2.05) is 0 Å². The SMILES string of the molecule is CCOC(=O)C=NS(=O)(=O)c1cccc(N)c1. The number of nitrogens with two attached hydrogens (primary N) is 1. The van der Waals surface area contributed by atoms with Crippen LogP contribution in [0.2, 0.25) is 0 Å². The number of carbonyl (C=O) groups excluding carboxylic acids is 1. The van der Waals surface area contributed by atoms with E-state index in [0.29, 0.717) is 11.9 Å². The molecule has 1 aromatic rings. The maximum Gasteiger partial charge on any atom is 0.350 e. The summed E-state index contributed by atoms with van der Waals surface area (Å²) >= 11 is 0. The van der Waals surface area contributed by atoms with Gasteiger partial charge in [0.1, 0.15) is 6.21 Å². The number of nitrogens with zero attached hydrogens (tertiary/aromatic N) is 1. The fourth-order valence-corrected chi connectivity index (χ4v) is 1.91. The number of hydrogen-bond acceptors (Lipinski definition) is 5. The van der Waals surface area contributed by atoms with E-state index in [1.54, 1.807) is 13.0 Å². The first-order chi connectivity index (χ1) is 7.95. The summed E-state index contributed by atoms with van der Waals surface area (Å²) in [4.78, 5) is 10.9. The van der Waals surface area contributed by atoms with Crippen molar-refractivity contribution < 1.29 is 17.9 Å². The quantitative estimate of drug-likeness (QED) is 0.483. The molecule has 1 rings (SSSR count). The summed E-state index contributed by atoms with van der Waals surface area (Å²) in [7, 11) is -3.91. The minimum atomic E-state index is -3.91. The van der Waals surface area contributed by atoms with Gasteiger partial charge in [-0.2, -0.15) is 12.8 Å². The number of carbonyl (C=O) groups is 1. The second-order valence-corrected chi connectivity index (χ2v) is 4.67. The van der Waals surface area contributed by atoms with Crippen LogP contribution in [0.1, 0.15) is 6.92 Å². The lowest BCUT2D eigenvalue weighted by molar-refractivity contribution is -0.134. The number of nitrogen functional groups attached to an aromatic ring is 1. The van der Waals surface area contributed by atoms with Crippen LogP contribution in [-0.2, 0) is 19.6 Å². The summed E-state index contributed by atoms with van der Waals surface area (Å²) in [6.07, 6.45) is 0.627. The third-order valence-electron chi connectivity index (χ3n) is 1.74. The maximum atomic E-state index is 11.6. The maximum absolute atomic E-state index is 11.6. The molecule has 0 aliphatic carbocycles. The van der Waals surface area contributed by atoms with Gasteiger partial charge >= 0.3 is 5.97 Å². The van der Waals surface area contributed by atoms with Gasteiger partial charge in [-0.3, -0.25) is 0 Å². The predicted octanol–water partition coefficient (Wildman–Crippen LogP) is 0.591. The van der Waals surface area contributed by atoms with Crippen molar-refractivity contribution >= 4 is 27.9 Å². The highest BCUT2D eigenvalue weighted by atomic mass is 32.2. The van der Waals surface area contributed by atoms with Crippen molar-refractivity contribution in [3.05, 3.63) is 24.3 Å². The first-order valence-electron chi connectivity index (χ1n) is 4.78. The number of anilines is 1. The van der Waals surface area contributed by atoms with Crippen LogP contribution in [0.25, 0.3) is 0 Å². The Balaban J connectivity index is 2.93. The summed E-state index contributed by atoms with van der Waals surface area (Å²) in [5.41, 5.74) is 5.75. The first-order valence-corrected chi connectivity index (χ1v) is 6.22. The molecule has 0 atom stereocenters. The summed E-state index contributed by atoms with van der Waals surface area (Å²) < 4.78 is 31.0. The highest BCUT2D eigenvalue weighted by Crippen LogP contribution is 2.14. The summed E-state index contributed by atoms with van der Waals surface area (Å²) in [6.45, 7) is 1.77. The van der Waals surface area contributed by atoms with E-state index in [0.717, 1.165) is 0 Å². The van der Waals surface area contributed by atoms with Gasteiger partial charge < -0.3 is 10.5 Å². The minimum absolute atomic E-state index is 0.0713. The number of esters is 1. The van der Waals surface area contributed by atoms with E-state index in [4.69, 9.17) is 5.73 Å². The van der Waals surface area contributed by atoms with Gasteiger partial charge in [0.05, 0.1) is 11.5 Å². The van der Waals surface area contributed by atoms with Crippen molar-refractivity contribution in [2.45, 2.75) is 11.8 Å². The topological polar surface area (TPSA) is 98.8 Å². The zero-order valence-electron chi connectivity index (χ0n) is 9.16. The van der Waals surface area contributed by atoms with E-state index >= 15 is 0 Å². The van der Waals surface area contributed by atoms with E-state index in [1.165, 1.54) is 18.2 Å². The molecule has 0 aromatic heterocycles. The van der Waals surface area contributed by atoms with Crippen LogP contribution in [-0.4, -0.2) is 27.2 Å². The van der Waals surface area contributed by atoms with Crippen LogP contribution in [0.4, 0.5) is 5.69 Å². The average Bonchev–Trinajstić information content (AvgIpc) is 2.27. The van der Waals surface area contributed by atoms with E-state index < -0.39 is 16.0 Å². The number of benzene rings is 1. The average molecular weight is 256 g/mol. The molecular formula is C10H12N2O4S. The smallest absolute Gasteiger partial charge is 0.350 e. The second kappa shape index (κ2) is 5.44. The van der Waals surface area contributed by atoms with E-state index in [2.05, 4.69) is 9.13 Å². The van der Waals surface area contributed by atoms with Gasteiger partial charge in [-0.05, 0) is 25.1 Å². The fraction of sp³-hybridized carbons (Fsp3) is 0.200. The lowest BCUT2D eigenvalue weighted by atomic mass is 10.3. The largest absolute Gasteiger partial charge is 0.462 e. The molecule has 0 saturated carbocycles. The third kappa shape index (κ3) is 3.87. The molecule has 0 aliphatic heterocycles.